The van der Waals surface area contributed by atoms with Gasteiger partial charge in [0.25, 0.3) is 0 Å². The van der Waals surface area contributed by atoms with Gasteiger partial charge in [0.15, 0.2) is 0 Å². The monoisotopic (exact) mass is 350 g/mol. The molecule has 0 heterocycles. The lowest BCUT2D eigenvalue weighted by atomic mass is 10.1. The molecule has 0 radical (unpaired) electrons. The first-order valence-corrected chi connectivity index (χ1v) is 9.30. The second kappa shape index (κ2) is 10.0. The zero-order valence-electron chi connectivity index (χ0n) is 17.5. The first kappa shape index (κ1) is 21.8. The van der Waals surface area contributed by atoms with Crippen molar-refractivity contribution in [3.05, 3.63) is 71.3 Å². The van der Waals surface area contributed by atoms with Crippen LogP contribution in [0.1, 0.15) is 63.8 Å². The fraction of sp³-hybridized carbons (Fsp3) is 0.360. The number of aryl methyl sites for hydroxylation is 1. The Balaban J connectivity index is 0.000000765. The summed E-state index contributed by atoms with van der Waals surface area (Å²) in [5.41, 5.74) is 4.42. The normalized spacial score (nSPS) is 11.2. The van der Waals surface area contributed by atoms with E-state index in [4.69, 9.17) is 4.74 Å². The molecule has 0 atom stereocenters. The maximum atomic E-state index is 5.97. The van der Waals surface area contributed by atoms with E-state index in [0.29, 0.717) is 0 Å². The highest BCUT2D eigenvalue weighted by atomic mass is 16.5. The standard InChI is InChI=1S/C21H24O.C4H10/c1-6-17-13-19(15-20(14-17)22-21(3,4)5)12-11-18-9-7-16(2)8-10-18;1-4(2)3/h6-15H,1H2,2-5H3;4H,1-3H3/b12-11+;. The summed E-state index contributed by atoms with van der Waals surface area (Å²) in [4.78, 5) is 0. The number of benzene rings is 2. The minimum atomic E-state index is -0.211. The van der Waals surface area contributed by atoms with Gasteiger partial charge < -0.3 is 4.74 Å². The highest BCUT2D eigenvalue weighted by molar-refractivity contribution is 5.72. The van der Waals surface area contributed by atoms with Gasteiger partial charge in [-0.2, -0.15) is 0 Å². The van der Waals surface area contributed by atoms with E-state index < -0.39 is 0 Å². The van der Waals surface area contributed by atoms with E-state index >= 15 is 0 Å². The molecule has 0 unspecified atom stereocenters. The summed E-state index contributed by atoms with van der Waals surface area (Å²) in [5, 5.41) is 0. The molecular formula is C25H34O. The number of rotatable bonds is 4. The van der Waals surface area contributed by atoms with Crippen LogP contribution in [0.2, 0.25) is 0 Å². The van der Waals surface area contributed by atoms with Gasteiger partial charge in [0, 0.05) is 0 Å². The van der Waals surface area contributed by atoms with Crippen LogP contribution in [-0.4, -0.2) is 5.60 Å². The molecule has 1 heteroatoms. The molecule has 0 saturated carbocycles. The van der Waals surface area contributed by atoms with Crippen molar-refractivity contribution in [2.24, 2.45) is 5.92 Å². The van der Waals surface area contributed by atoms with Gasteiger partial charge in [-0.15, -0.1) is 0 Å². The van der Waals surface area contributed by atoms with Gasteiger partial charge in [0.2, 0.25) is 0 Å². The van der Waals surface area contributed by atoms with Crippen molar-refractivity contribution in [2.75, 3.05) is 0 Å². The number of ether oxygens (including phenoxy) is 1. The molecule has 0 aromatic heterocycles. The van der Waals surface area contributed by atoms with Crippen LogP contribution in [0.15, 0.2) is 49.0 Å². The zero-order chi connectivity index (χ0) is 19.7. The lowest BCUT2D eigenvalue weighted by molar-refractivity contribution is 0.131. The molecule has 140 valence electrons. The summed E-state index contributed by atoms with van der Waals surface area (Å²) < 4.78 is 5.97. The Morgan fingerprint density at radius 3 is 1.85 bits per heavy atom. The van der Waals surface area contributed by atoms with E-state index in [9.17, 15) is 0 Å². The van der Waals surface area contributed by atoms with E-state index in [0.717, 1.165) is 22.8 Å². The van der Waals surface area contributed by atoms with Crippen LogP contribution < -0.4 is 4.74 Å². The van der Waals surface area contributed by atoms with Gasteiger partial charge in [0.1, 0.15) is 11.4 Å². The van der Waals surface area contributed by atoms with Crippen molar-refractivity contribution in [1.82, 2.24) is 0 Å². The predicted octanol–water partition coefficient (Wildman–Crippen LogP) is 7.65. The molecule has 0 amide bonds. The van der Waals surface area contributed by atoms with E-state index in [1.165, 1.54) is 11.1 Å². The Hall–Kier alpha value is -2.28. The minimum Gasteiger partial charge on any atom is -0.488 e. The summed E-state index contributed by atoms with van der Waals surface area (Å²) in [5.74, 6) is 1.70. The predicted molar refractivity (Wildman–Crippen MR) is 118 cm³/mol. The molecule has 2 aromatic rings. The molecule has 0 aliphatic carbocycles. The maximum absolute atomic E-state index is 5.97. The first-order chi connectivity index (χ1) is 12.1. The number of hydrogen-bond donors (Lipinski definition) is 0. The molecule has 26 heavy (non-hydrogen) atoms. The average molecular weight is 351 g/mol. The molecule has 0 aliphatic rings. The maximum Gasteiger partial charge on any atom is 0.121 e. The van der Waals surface area contributed by atoms with Crippen LogP contribution in [0.4, 0.5) is 0 Å². The molecule has 0 fully saturated rings. The molecule has 2 rings (SSSR count). The Bertz CT molecular complexity index is 710. The van der Waals surface area contributed by atoms with E-state index in [1.807, 2.05) is 12.1 Å². The van der Waals surface area contributed by atoms with Crippen LogP contribution in [0.5, 0.6) is 5.75 Å². The molecule has 1 nitrogen and oxygen atoms in total. The molecular weight excluding hydrogens is 316 g/mol. The van der Waals surface area contributed by atoms with Crippen LogP contribution in [0.3, 0.4) is 0 Å². The van der Waals surface area contributed by atoms with Crippen molar-refractivity contribution in [3.8, 4) is 5.75 Å². The van der Waals surface area contributed by atoms with Gasteiger partial charge in [-0.3, -0.25) is 0 Å². The molecule has 0 spiro atoms. The van der Waals surface area contributed by atoms with E-state index in [2.05, 4.69) is 104 Å². The van der Waals surface area contributed by atoms with Crippen LogP contribution in [0.25, 0.3) is 18.2 Å². The quantitative estimate of drug-likeness (QED) is 0.514. The zero-order valence-corrected chi connectivity index (χ0v) is 17.5. The lowest BCUT2D eigenvalue weighted by Gasteiger charge is -2.21. The highest BCUT2D eigenvalue weighted by Gasteiger charge is 2.12. The van der Waals surface area contributed by atoms with Crippen molar-refractivity contribution in [1.29, 1.82) is 0 Å². The Morgan fingerprint density at radius 1 is 0.846 bits per heavy atom. The average Bonchev–Trinajstić information content (AvgIpc) is 2.52. The first-order valence-electron chi connectivity index (χ1n) is 9.30. The van der Waals surface area contributed by atoms with Crippen molar-refractivity contribution in [2.45, 2.75) is 54.1 Å². The van der Waals surface area contributed by atoms with E-state index in [1.54, 1.807) is 0 Å². The lowest BCUT2D eigenvalue weighted by Crippen LogP contribution is -2.22. The van der Waals surface area contributed by atoms with Crippen LogP contribution >= 0.6 is 0 Å². The van der Waals surface area contributed by atoms with Gasteiger partial charge in [-0.25, -0.2) is 0 Å². The number of hydrogen-bond acceptors (Lipinski definition) is 1. The Morgan fingerprint density at radius 2 is 1.35 bits per heavy atom. The molecule has 0 aliphatic heterocycles. The molecule has 2 aromatic carbocycles. The van der Waals surface area contributed by atoms with Crippen molar-refractivity contribution < 1.29 is 4.74 Å². The van der Waals surface area contributed by atoms with E-state index in [-0.39, 0.29) is 5.60 Å². The summed E-state index contributed by atoms with van der Waals surface area (Å²) in [6, 6.07) is 14.7. The van der Waals surface area contributed by atoms with Gasteiger partial charge in [-0.05, 0) is 68.5 Å². The molecule has 0 N–H and O–H groups in total. The third-order valence-electron chi connectivity index (χ3n) is 3.16. The third kappa shape index (κ3) is 9.27. The SMILES string of the molecule is C=Cc1cc(/C=C/c2ccc(C)cc2)cc(OC(C)(C)C)c1.CC(C)C. The summed E-state index contributed by atoms with van der Waals surface area (Å²) >= 11 is 0. The van der Waals surface area contributed by atoms with Gasteiger partial charge in [-0.1, -0.05) is 75.4 Å². The Kier molecular flexibility index (Phi) is 8.38. The fourth-order valence-corrected chi connectivity index (χ4v) is 2.14. The van der Waals surface area contributed by atoms with Gasteiger partial charge in [0.05, 0.1) is 0 Å². The van der Waals surface area contributed by atoms with Crippen LogP contribution in [0, 0.1) is 12.8 Å². The summed E-state index contributed by atoms with van der Waals surface area (Å²) in [6.45, 7) is 18.6. The third-order valence-corrected chi connectivity index (χ3v) is 3.16. The largest absolute Gasteiger partial charge is 0.488 e. The minimum absolute atomic E-state index is 0.211. The van der Waals surface area contributed by atoms with Crippen molar-refractivity contribution >= 4 is 18.2 Å². The molecule has 0 bridgehead atoms. The van der Waals surface area contributed by atoms with Gasteiger partial charge >= 0.3 is 0 Å². The van der Waals surface area contributed by atoms with Crippen molar-refractivity contribution in [3.63, 3.8) is 0 Å². The summed E-state index contributed by atoms with van der Waals surface area (Å²) in [7, 11) is 0. The smallest absolute Gasteiger partial charge is 0.121 e. The van der Waals surface area contributed by atoms with Crippen LogP contribution in [-0.2, 0) is 0 Å². The highest BCUT2D eigenvalue weighted by Crippen LogP contribution is 2.24. The summed E-state index contributed by atoms with van der Waals surface area (Å²) in [6.07, 6.45) is 6.06. The fourth-order valence-electron chi connectivity index (χ4n) is 2.14. The second-order valence-electron chi connectivity index (χ2n) is 8.23. The Labute approximate surface area is 160 Å². The molecule has 0 saturated heterocycles. The second-order valence-corrected chi connectivity index (χ2v) is 8.23. The topological polar surface area (TPSA) is 9.23 Å².